The topological polar surface area (TPSA) is 61.6 Å². The molecule has 1 aromatic rings. The maximum absolute atomic E-state index is 9.34. The van der Waals surface area contributed by atoms with E-state index in [0.717, 1.165) is 10.0 Å². The van der Waals surface area contributed by atoms with E-state index in [-0.39, 0.29) is 5.28 Å². The normalized spacial score (nSPS) is 16.7. The number of nitriles is 1. The third kappa shape index (κ3) is 2.45. The van der Waals surface area contributed by atoms with Gasteiger partial charge in [-0.25, -0.2) is 9.97 Å². The van der Waals surface area contributed by atoms with Crippen molar-refractivity contribution >= 4 is 33.1 Å². The molecule has 0 spiro atoms. The SMILES string of the molecule is Cc1cnc(Cl)nc1/C(C#N)=C1/NC=CC=C1Br. The minimum atomic E-state index is 0.121. The van der Waals surface area contributed by atoms with Gasteiger partial charge in [-0.15, -0.1) is 0 Å². The van der Waals surface area contributed by atoms with Crippen molar-refractivity contribution in [1.82, 2.24) is 15.3 Å². The van der Waals surface area contributed by atoms with Gasteiger partial charge in [-0.1, -0.05) is 0 Å². The molecule has 0 saturated heterocycles. The van der Waals surface area contributed by atoms with E-state index in [2.05, 4.69) is 37.3 Å². The summed E-state index contributed by atoms with van der Waals surface area (Å²) in [5.74, 6) is 0. The molecule has 0 atom stereocenters. The minimum absolute atomic E-state index is 0.121. The number of rotatable bonds is 1. The van der Waals surface area contributed by atoms with Gasteiger partial charge in [-0.3, -0.25) is 0 Å². The smallest absolute Gasteiger partial charge is 0.222 e. The molecule has 0 amide bonds. The van der Waals surface area contributed by atoms with E-state index in [9.17, 15) is 5.26 Å². The van der Waals surface area contributed by atoms with Crippen LogP contribution in [0.4, 0.5) is 0 Å². The molecule has 0 radical (unpaired) electrons. The highest BCUT2D eigenvalue weighted by molar-refractivity contribution is 9.12. The molecular weight excluding hydrogens is 316 g/mol. The fraction of sp³-hybridized carbons (Fsp3) is 0.0833. The number of aryl methyl sites for hydroxylation is 1. The predicted octanol–water partition coefficient (Wildman–Crippen LogP) is 3.07. The molecule has 0 bridgehead atoms. The second-order valence-electron chi connectivity index (χ2n) is 3.55. The highest BCUT2D eigenvalue weighted by Crippen LogP contribution is 2.27. The summed E-state index contributed by atoms with van der Waals surface area (Å²) in [5, 5.41) is 12.5. The molecule has 4 nitrogen and oxygen atoms in total. The van der Waals surface area contributed by atoms with Crippen molar-refractivity contribution in [2.45, 2.75) is 6.92 Å². The van der Waals surface area contributed by atoms with E-state index in [1.807, 2.05) is 19.1 Å². The van der Waals surface area contributed by atoms with Crippen molar-refractivity contribution in [1.29, 1.82) is 5.26 Å². The van der Waals surface area contributed by atoms with Crippen LogP contribution in [0.3, 0.4) is 0 Å². The first kappa shape index (κ1) is 12.8. The number of dihydropyridines is 1. The molecule has 1 N–H and O–H groups in total. The standard InChI is InChI=1S/C12H8BrClN4/c1-7-6-17-12(14)18-10(7)8(5-15)11-9(13)3-2-4-16-11/h2-4,6,16H,1H3/b11-8+. The molecule has 0 fully saturated rings. The van der Waals surface area contributed by atoms with Crippen LogP contribution in [-0.2, 0) is 0 Å². The first-order valence-electron chi connectivity index (χ1n) is 5.06. The lowest BCUT2D eigenvalue weighted by atomic mass is 10.1. The predicted molar refractivity (Wildman–Crippen MR) is 73.6 cm³/mol. The Balaban J connectivity index is 2.63. The van der Waals surface area contributed by atoms with E-state index in [1.54, 1.807) is 12.4 Å². The third-order valence-electron chi connectivity index (χ3n) is 2.35. The molecule has 6 heteroatoms. The zero-order valence-corrected chi connectivity index (χ0v) is 11.7. The summed E-state index contributed by atoms with van der Waals surface area (Å²) in [7, 11) is 0. The summed E-state index contributed by atoms with van der Waals surface area (Å²) >= 11 is 9.18. The summed E-state index contributed by atoms with van der Waals surface area (Å²) in [4.78, 5) is 8.00. The number of nitrogens with zero attached hydrogens (tertiary/aromatic N) is 3. The highest BCUT2D eigenvalue weighted by Gasteiger charge is 2.16. The van der Waals surface area contributed by atoms with Gasteiger partial charge in [0.05, 0.1) is 11.4 Å². The lowest BCUT2D eigenvalue weighted by molar-refractivity contribution is 1.07. The number of hydrogen-bond donors (Lipinski definition) is 1. The molecular formula is C12H8BrClN4. The highest BCUT2D eigenvalue weighted by atomic mass is 79.9. The third-order valence-corrected chi connectivity index (χ3v) is 3.19. The molecule has 1 aliphatic heterocycles. The fourth-order valence-corrected chi connectivity index (χ4v) is 2.11. The molecule has 1 aromatic heterocycles. The number of allylic oxidation sites excluding steroid dienone is 4. The Morgan fingerprint density at radius 2 is 2.33 bits per heavy atom. The first-order chi connectivity index (χ1) is 8.63. The maximum Gasteiger partial charge on any atom is 0.222 e. The summed E-state index contributed by atoms with van der Waals surface area (Å²) in [5.41, 5.74) is 2.41. The van der Waals surface area contributed by atoms with Crippen LogP contribution in [0.5, 0.6) is 0 Å². The van der Waals surface area contributed by atoms with Crippen molar-refractivity contribution in [2.24, 2.45) is 0 Å². The maximum atomic E-state index is 9.34. The van der Waals surface area contributed by atoms with Crippen LogP contribution in [0.2, 0.25) is 5.28 Å². The van der Waals surface area contributed by atoms with Crippen LogP contribution in [0.15, 0.2) is 34.7 Å². The fourth-order valence-electron chi connectivity index (χ4n) is 1.51. The zero-order chi connectivity index (χ0) is 13.1. The Morgan fingerprint density at radius 3 is 3.00 bits per heavy atom. The number of nitrogens with one attached hydrogen (secondary N) is 1. The minimum Gasteiger partial charge on any atom is -0.360 e. The summed E-state index contributed by atoms with van der Waals surface area (Å²) in [6, 6.07) is 2.15. The van der Waals surface area contributed by atoms with Crippen LogP contribution < -0.4 is 5.32 Å². The lowest BCUT2D eigenvalue weighted by Gasteiger charge is -2.13. The molecule has 0 unspecified atom stereocenters. The Bertz CT molecular complexity index is 625. The zero-order valence-electron chi connectivity index (χ0n) is 9.41. The van der Waals surface area contributed by atoms with Crippen molar-refractivity contribution < 1.29 is 0 Å². The first-order valence-corrected chi connectivity index (χ1v) is 6.23. The van der Waals surface area contributed by atoms with Crippen molar-refractivity contribution in [3.63, 3.8) is 0 Å². The Labute approximate surface area is 118 Å². The van der Waals surface area contributed by atoms with E-state index in [1.165, 1.54) is 0 Å². The molecule has 0 saturated carbocycles. The van der Waals surface area contributed by atoms with Crippen LogP contribution >= 0.6 is 27.5 Å². The molecule has 2 rings (SSSR count). The second-order valence-corrected chi connectivity index (χ2v) is 4.74. The largest absolute Gasteiger partial charge is 0.360 e. The van der Waals surface area contributed by atoms with Gasteiger partial charge >= 0.3 is 0 Å². The Kier molecular flexibility index (Phi) is 3.80. The molecule has 90 valence electrons. The molecule has 18 heavy (non-hydrogen) atoms. The van der Waals surface area contributed by atoms with Crippen LogP contribution in [-0.4, -0.2) is 9.97 Å². The Hall–Kier alpha value is -1.64. The quantitative estimate of drug-likeness (QED) is 0.637. The summed E-state index contributed by atoms with van der Waals surface area (Å²) < 4.78 is 0.788. The van der Waals surface area contributed by atoms with Gasteiger partial charge in [0.15, 0.2) is 0 Å². The average molecular weight is 324 g/mol. The van der Waals surface area contributed by atoms with Gasteiger partial charge in [0.2, 0.25) is 5.28 Å². The van der Waals surface area contributed by atoms with Gasteiger partial charge in [0, 0.05) is 16.9 Å². The van der Waals surface area contributed by atoms with Crippen molar-refractivity contribution in [3.8, 4) is 6.07 Å². The van der Waals surface area contributed by atoms with Crippen LogP contribution in [0, 0.1) is 18.3 Å². The summed E-state index contributed by atoms with van der Waals surface area (Å²) in [6.07, 6.45) is 7.03. The van der Waals surface area contributed by atoms with Crippen LogP contribution in [0.1, 0.15) is 11.3 Å². The number of aromatic nitrogens is 2. The number of halogens is 2. The molecule has 1 aliphatic rings. The van der Waals surface area contributed by atoms with Gasteiger partial charge in [0.25, 0.3) is 0 Å². The summed E-state index contributed by atoms with van der Waals surface area (Å²) in [6.45, 7) is 1.83. The van der Waals surface area contributed by atoms with Gasteiger partial charge in [0.1, 0.15) is 11.6 Å². The monoisotopic (exact) mass is 322 g/mol. The lowest BCUT2D eigenvalue weighted by Crippen LogP contribution is -2.11. The van der Waals surface area contributed by atoms with Crippen LogP contribution in [0.25, 0.3) is 5.57 Å². The average Bonchev–Trinajstić information content (AvgIpc) is 2.36. The van der Waals surface area contributed by atoms with E-state index in [4.69, 9.17) is 11.6 Å². The van der Waals surface area contributed by atoms with Gasteiger partial charge < -0.3 is 5.32 Å². The van der Waals surface area contributed by atoms with Gasteiger partial charge in [-0.05, 0) is 52.2 Å². The molecule has 2 heterocycles. The van der Waals surface area contributed by atoms with E-state index < -0.39 is 0 Å². The van der Waals surface area contributed by atoms with Crippen molar-refractivity contribution in [2.75, 3.05) is 0 Å². The number of hydrogen-bond acceptors (Lipinski definition) is 4. The Morgan fingerprint density at radius 1 is 1.56 bits per heavy atom. The van der Waals surface area contributed by atoms with E-state index in [0.29, 0.717) is 17.0 Å². The van der Waals surface area contributed by atoms with Gasteiger partial charge in [-0.2, -0.15) is 5.26 Å². The van der Waals surface area contributed by atoms with Crippen molar-refractivity contribution in [3.05, 3.63) is 51.3 Å². The van der Waals surface area contributed by atoms with E-state index >= 15 is 0 Å². The molecule has 0 aromatic carbocycles. The second kappa shape index (κ2) is 5.34. The molecule has 0 aliphatic carbocycles.